The molecule has 1 saturated heterocycles. The van der Waals surface area contributed by atoms with E-state index in [0.717, 1.165) is 31.1 Å². The first kappa shape index (κ1) is 12.1. The Morgan fingerprint density at radius 1 is 1.41 bits per heavy atom. The Kier molecular flexibility index (Phi) is 3.81. The van der Waals surface area contributed by atoms with Crippen molar-refractivity contribution in [2.45, 2.75) is 18.8 Å². The number of halogens is 1. The van der Waals surface area contributed by atoms with Crippen LogP contribution in [0.25, 0.3) is 11.5 Å². The molecular weight excluding hydrogens is 240 g/mol. The van der Waals surface area contributed by atoms with Gasteiger partial charge in [0, 0.05) is 12.7 Å². The summed E-state index contributed by atoms with van der Waals surface area (Å²) in [4.78, 5) is 7.50. The number of nitrogens with zero attached hydrogens (tertiary/aromatic N) is 2. The molecule has 0 bridgehead atoms. The Hall–Kier alpha value is -1.33. The minimum atomic E-state index is 0. The molecule has 2 aromatic rings. The van der Waals surface area contributed by atoms with Crippen molar-refractivity contribution in [1.29, 1.82) is 0 Å². The maximum Gasteiger partial charge on any atom is 0.231 e. The van der Waals surface area contributed by atoms with Crippen molar-refractivity contribution in [2.75, 3.05) is 13.1 Å². The molecule has 17 heavy (non-hydrogen) atoms. The van der Waals surface area contributed by atoms with Gasteiger partial charge in [0.1, 0.15) is 0 Å². The van der Waals surface area contributed by atoms with Crippen LogP contribution < -0.4 is 5.32 Å². The SMILES string of the molecule is Cl.c1c[nH]c(-c2noc(C3CCCNC3)n2)c1. The number of rotatable bonds is 2. The normalized spacial score (nSPS) is 19.9. The van der Waals surface area contributed by atoms with Crippen LogP contribution in [0.4, 0.5) is 0 Å². The zero-order valence-corrected chi connectivity index (χ0v) is 10.2. The van der Waals surface area contributed by atoms with Crippen LogP contribution in [0.3, 0.4) is 0 Å². The van der Waals surface area contributed by atoms with Crippen LogP contribution >= 0.6 is 12.4 Å². The first-order valence-electron chi connectivity index (χ1n) is 5.61. The van der Waals surface area contributed by atoms with E-state index in [4.69, 9.17) is 4.52 Å². The molecular formula is C11H15ClN4O. The summed E-state index contributed by atoms with van der Waals surface area (Å²) in [5.74, 6) is 1.76. The molecule has 1 atom stereocenters. The molecule has 1 fully saturated rings. The van der Waals surface area contributed by atoms with Crippen LogP contribution in [0.2, 0.25) is 0 Å². The molecule has 1 aliphatic heterocycles. The lowest BCUT2D eigenvalue weighted by atomic mass is 10.00. The summed E-state index contributed by atoms with van der Waals surface area (Å²) in [6.45, 7) is 2.03. The van der Waals surface area contributed by atoms with E-state index < -0.39 is 0 Å². The van der Waals surface area contributed by atoms with Crippen molar-refractivity contribution in [1.82, 2.24) is 20.4 Å². The van der Waals surface area contributed by atoms with Crippen molar-refractivity contribution >= 4 is 12.4 Å². The van der Waals surface area contributed by atoms with Gasteiger partial charge in [0.15, 0.2) is 0 Å². The monoisotopic (exact) mass is 254 g/mol. The van der Waals surface area contributed by atoms with E-state index in [0.29, 0.717) is 11.7 Å². The van der Waals surface area contributed by atoms with Crippen molar-refractivity contribution < 1.29 is 4.52 Å². The van der Waals surface area contributed by atoms with Crippen LogP contribution in [-0.2, 0) is 0 Å². The highest BCUT2D eigenvalue weighted by molar-refractivity contribution is 5.85. The van der Waals surface area contributed by atoms with Gasteiger partial charge in [-0.25, -0.2) is 0 Å². The summed E-state index contributed by atoms with van der Waals surface area (Å²) in [5, 5.41) is 7.33. The maximum atomic E-state index is 5.31. The van der Waals surface area contributed by atoms with E-state index >= 15 is 0 Å². The quantitative estimate of drug-likeness (QED) is 0.860. The van der Waals surface area contributed by atoms with E-state index in [9.17, 15) is 0 Å². The lowest BCUT2D eigenvalue weighted by Crippen LogP contribution is -2.28. The Balaban J connectivity index is 0.00000108. The third kappa shape index (κ3) is 2.50. The number of hydrogen-bond donors (Lipinski definition) is 2. The van der Waals surface area contributed by atoms with Gasteiger partial charge in [-0.15, -0.1) is 12.4 Å². The van der Waals surface area contributed by atoms with Gasteiger partial charge < -0.3 is 14.8 Å². The number of aromatic amines is 1. The van der Waals surface area contributed by atoms with Crippen molar-refractivity contribution in [3.63, 3.8) is 0 Å². The Labute approximate surface area is 105 Å². The van der Waals surface area contributed by atoms with Crippen LogP contribution in [0.1, 0.15) is 24.7 Å². The minimum Gasteiger partial charge on any atom is -0.359 e. The molecule has 92 valence electrons. The van der Waals surface area contributed by atoms with Gasteiger partial charge in [0.25, 0.3) is 0 Å². The average Bonchev–Trinajstić information content (AvgIpc) is 3.01. The first-order chi connectivity index (χ1) is 7.93. The Bertz CT molecular complexity index is 448. The summed E-state index contributed by atoms with van der Waals surface area (Å²) in [5.41, 5.74) is 0.902. The Morgan fingerprint density at radius 2 is 2.35 bits per heavy atom. The lowest BCUT2D eigenvalue weighted by Gasteiger charge is -2.18. The molecule has 0 aromatic carbocycles. The summed E-state index contributed by atoms with van der Waals surface area (Å²) in [6.07, 6.45) is 4.15. The molecule has 0 radical (unpaired) electrons. The van der Waals surface area contributed by atoms with Crippen LogP contribution in [0.5, 0.6) is 0 Å². The molecule has 3 heterocycles. The zero-order chi connectivity index (χ0) is 10.8. The molecule has 6 heteroatoms. The predicted molar refractivity (Wildman–Crippen MR) is 66.2 cm³/mol. The molecule has 2 aromatic heterocycles. The highest BCUT2D eigenvalue weighted by Crippen LogP contribution is 2.23. The molecule has 3 rings (SSSR count). The zero-order valence-electron chi connectivity index (χ0n) is 9.35. The van der Waals surface area contributed by atoms with Crippen LogP contribution in [0, 0.1) is 0 Å². The molecule has 1 unspecified atom stereocenters. The van der Waals surface area contributed by atoms with Crippen molar-refractivity contribution in [3.8, 4) is 11.5 Å². The van der Waals surface area contributed by atoms with E-state index in [2.05, 4.69) is 20.4 Å². The predicted octanol–water partition coefficient (Wildman–Crippen LogP) is 1.95. The summed E-state index contributed by atoms with van der Waals surface area (Å²) < 4.78 is 5.31. The molecule has 0 amide bonds. The summed E-state index contributed by atoms with van der Waals surface area (Å²) in [6, 6.07) is 3.86. The van der Waals surface area contributed by atoms with Gasteiger partial charge in [-0.3, -0.25) is 0 Å². The number of hydrogen-bond acceptors (Lipinski definition) is 4. The molecule has 2 N–H and O–H groups in total. The third-order valence-corrected chi connectivity index (χ3v) is 2.93. The molecule has 0 spiro atoms. The van der Waals surface area contributed by atoms with Crippen molar-refractivity contribution in [3.05, 3.63) is 24.2 Å². The standard InChI is InChI=1S/C11H14N4O.ClH/c1-3-8(7-12-5-1)11-14-10(15-16-11)9-4-2-6-13-9;/h2,4,6,8,12-13H,1,3,5,7H2;1H. The number of H-pyrrole nitrogens is 1. The largest absolute Gasteiger partial charge is 0.359 e. The van der Waals surface area contributed by atoms with E-state index in [1.807, 2.05) is 18.3 Å². The summed E-state index contributed by atoms with van der Waals surface area (Å²) in [7, 11) is 0. The summed E-state index contributed by atoms with van der Waals surface area (Å²) >= 11 is 0. The second-order valence-electron chi connectivity index (χ2n) is 4.08. The fraction of sp³-hybridized carbons (Fsp3) is 0.455. The van der Waals surface area contributed by atoms with E-state index in [1.54, 1.807) is 0 Å². The highest BCUT2D eigenvalue weighted by Gasteiger charge is 2.21. The fourth-order valence-electron chi connectivity index (χ4n) is 2.04. The molecule has 0 aliphatic carbocycles. The van der Waals surface area contributed by atoms with Gasteiger partial charge in [-0.05, 0) is 31.5 Å². The first-order valence-corrected chi connectivity index (χ1v) is 5.61. The van der Waals surface area contributed by atoms with Gasteiger partial charge in [0.2, 0.25) is 11.7 Å². The molecule has 1 aliphatic rings. The van der Waals surface area contributed by atoms with Gasteiger partial charge in [-0.1, -0.05) is 5.16 Å². The van der Waals surface area contributed by atoms with Gasteiger partial charge >= 0.3 is 0 Å². The Morgan fingerprint density at radius 3 is 3.06 bits per heavy atom. The van der Waals surface area contributed by atoms with Crippen molar-refractivity contribution in [2.24, 2.45) is 0 Å². The van der Waals surface area contributed by atoms with E-state index in [1.165, 1.54) is 6.42 Å². The smallest absolute Gasteiger partial charge is 0.231 e. The topological polar surface area (TPSA) is 66.7 Å². The lowest BCUT2D eigenvalue weighted by molar-refractivity contribution is 0.322. The van der Waals surface area contributed by atoms with Crippen LogP contribution in [0.15, 0.2) is 22.9 Å². The van der Waals surface area contributed by atoms with Gasteiger partial charge in [-0.2, -0.15) is 4.98 Å². The van der Waals surface area contributed by atoms with Crippen LogP contribution in [-0.4, -0.2) is 28.2 Å². The average molecular weight is 255 g/mol. The molecule has 5 nitrogen and oxygen atoms in total. The van der Waals surface area contributed by atoms with E-state index in [-0.39, 0.29) is 12.4 Å². The van der Waals surface area contributed by atoms with Gasteiger partial charge in [0.05, 0.1) is 11.6 Å². The molecule has 0 saturated carbocycles. The highest BCUT2D eigenvalue weighted by atomic mass is 35.5. The number of aromatic nitrogens is 3. The number of nitrogens with one attached hydrogen (secondary N) is 2. The maximum absolute atomic E-state index is 5.31. The third-order valence-electron chi connectivity index (χ3n) is 2.93. The fourth-order valence-corrected chi connectivity index (χ4v) is 2.04. The minimum absolute atomic E-state index is 0. The number of piperidine rings is 1. The second kappa shape index (κ2) is 5.33. The second-order valence-corrected chi connectivity index (χ2v) is 4.08.